The Morgan fingerprint density at radius 2 is 2.33 bits per heavy atom. The molecule has 0 aliphatic carbocycles. The summed E-state index contributed by atoms with van der Waals surface area (Å²) in [4.78, 5) is 0. The number of hydrogen-bond donors (Lipinski definition) is 1. The second-order valence-electron chi connectivity index (χ2n) is 1.44. The maximum Gasteiger partial charge on any atom is 0.110 e. The summed E-state index contributed by atoms with van der Waals surface area (Å²) in [6.45, 7) is 0.421. The number of aliphatic hydroxyl groups excluding tert-OH is 1. The molecule has 54 valence electrons. The first-order chi connectivity index (χ1) is 4.41. The zero-order chi connectivity index (χ0) is 6.95. The van der Waals surface area contributed by atoms with Gasteiger partial charge in [-0.2, -0.15) is 0 Å². The van der Waals surface area contributed by atoms with E-state index in [1.807, 2.05) is 6.08 Å². The number of halogens is 1. The molecule has 9 heavy (non-hydrogen) atoms. The molecule has 0 bridgehead atoms. The van der Waals surface area contributed by atoms with Gasteiger partial charge in [-0.05, 0) is 12.5 Å². The molecule has 0 aromatic rings. The molecule has 0 saturated carbocycles. The SMILES string of the molecule is OCCOC=CCCCl. The molecular weight excluding hydrogens is 140 g/mol. The first-order valence-electron chi connectivity index (χ1n) is 2.85. The third kappa shape index (κ3) is 7.79. The van der Waals surface area contributed by atoms with E-state index in [2.05, 4.69) is 0 Å². The molecule has 0 fully saturated rings. The number of aliphatic hydroxyl groups is 1. The molecule has 0 amide bonds. The Hall–Kier alpha value is -0.210. The average Bonchev–Trinajstić information content (AvgIpc) is 1.89. The molecule has 0 aliphatic rings. The van der Waals surface area contributed by atoms with Crippen LogP contribution in [0.25, 0.3) is 0 Å². The van der Waals surface area contributed by atoms with E-state index < -0.39 is 0 Å². The van der Waals surface area contributed by atoms with Gasteiger partial charge in [-0.3, -0.25) is 0 Å². The summed E-state index contributed by atoms with van der Waals surface area (Å²) in [5.41, 5.74) is 0. The minimum atomic E-state index is 0.0607. The lowest BCUT2D eigenvalue weighted by molar-refractivity contribution is 0.165. The molecule has 3 heteroatoms. The maximum atomic E-state index is 8.24. The highest BCUT2D eigenvalue weighted by molar-refractivity contribution is 6.17. The fraction of sp³-hybridized carbons (Fsp3) is 0.667. The van der Waals surface area contributed by atoms with Gasteiger partial charge < -0.3 is 9.84 Å². The van der Waals surface area contributed by atoms with Crippen LogP contribution in [0.2, 0.25) is 0 Å². The van der Waals surface area contributed by atoms with Gasteiger partial charge in [-0.1, -0.05) is 0 Å². The normalized spacial score (nSPS) is 10.4. The third-order valence-corrected chi connectivity index (χ3v) is 0.896. The number of ether oxygens (including phenoxy) is 1. The maximum absolute atomic E-state index is 8.24. The average molecular weight is 151 g/mol. The lowest BCUT2D eigenvalue weighted by Gasteiger charge is -1.93. The van der Waals surface area contributed by atoms with Crippen molar-refractivity contribution in [2.75, 3.05) is 19.1 Å². The number of rotatable bonds is 5. The van der Waals surface area contributed by atoms with Gasteiger partial charge >= 0.3 is 0 Å². The van der Waals surface area contributed by atoms with Gasteiger partial charge in [0.05, 0.1) is 12.9 Å². The fourth-order valence-corrected chi connectivity index (χ4v) is 0.446. The van der Waals surface area contributed by atoms with Crippen LogP contribution >= 0.6 is 11.6 Å². The zero-order valence-electron chi connectivity index (χ0n) is 5.22. The molecule has 0 atom stereocenters. The van der Waals surface area contributed by atoms with Crippen molar-refractivity contribution >= 4 is 11.6 Å². The molecule has 0 aromatic heterocycles. The van der Waals surface area contributed by atoms with E-state index in [0.717, 1.165) is 6.42 Å². The topological polar surface area (TPSA) is 29.5 Å². The van der Waals surface area contributed by atoms with Crippen LogP contribution in [0.4, 0.5) is 0 Å². The predicted molar refractivity (Wildman–Crippen MR) is 37.5 cm³/mol. The van der Waals surface area contributed by atoms with E-state index >= 15 is 0 Å². The van der Waals surface area contributed by atoms with Crippen LogP contribution in [0.1, 0.15) is 6.42 Å². The summed E-state index contributed by atoms with van der Waals surface area (Å²) in [6, 6.07) is 0. The summed E-state index contributed by atoms with van der Waals surface area (Å²) < 4.78 is 4.80. The molecule has 1 N–H and O–H groups in total. The summed E-state index contributed by atoms with van der Waals surface area (Å²) in [5, 5.41) is 8.24. The molecule has 0 unspecified atom stereocenters. The van der Waals surface area contributed by atoms with Crippen LogP contribution in [-0.2, 0) is 4.74 Å². The van der Waals surface area contributed by atoms with Crippen molar-refractivity contribution in [3.05, 3.63) is 12.3 Å². The fourth-order valence-electron chi connectivity index (χ4n) is 0.320. The van der Waals surface area contributed by atoms with Crippen molar-refractivity contribution in [1.29, 1.82) is 0 Å². The van der Waals surface area contributed by atoms with Crippen molar-refractivity contribution in [2.24, 2.45) is 0 Å². The predicted octanol–water partition coefficient (Wildman–Crippen LogP) is 1.14. The van der Waals surface area contributed by atoms with E-state index in [1.165, 1.54) is 0 Å². The quantitative estimate of drug-likeness (QED) is 0.362. The monoisotopic (exact) mass is 150 g/mol. The van der Waals surface area contributed by atoms with Crippen molar-refractivity contribution in [2.45, 2.75) is 6.42 Å². The van der Waals surface area contributed by atoms with Gasteiger partial charge in [0.2, 0.25) is 0 Å². The Morgan fingerprint density at radius 3 is 2.89 bits per heavy atom. The largest absolute Gasteiger partial charge is 0.499 e. The highest BCUT2D eigenvalue weighted by Crippen LogP contribution is 1.86. The highest BCUT2D eigenvalue weighted by Gasteiger charge is 1.76. The standard InChI is InChI=1S/C6H11ClO2/c7-3-1-2-5-9-6-4-8/h2,5,8H,1,3-4,6H2. The Balaban J connectivity index is 2.86. The second kappa shape index (κ2) is 7.79. The van der Waals surface area contributed by atoms with E-state index in [-0.39, 0.29) is 6.61 Å². The van der Waals surface area contributed by atoms with Crippen LogP contribution in [-0.4, -0.2) is 24.2 Å². The third-order valence-electron chi connectivity index (χ3n) is 0.677. The van der Waals surface area contributed by atoms with Crippen LogP contribution in [0.3, 0.4) is 0 Å². The number of alkyl halides is 1. The van der Waals surface area contributed by atoms with E-state index in [0.29, 0.717) is 12.5 Å². The summed E-state index contributed by atoms with van der Waals surface area (Å²) in [7, 11) is 0. The molecule has 2 nitrogen and oxygen atoms in total. The van der Waals surface area contributed by atoms with E-state index in [9.17, 15) is 0 Å². The van der Waals surface area contributed by atoms with Crippen LogP contribution in [0.15, 0.2) is 12.3 Å². The molecule has 0 saturated heterocycles. The number of hydrogen-bond acceptors (Lipinski definition) is 2. The number of allylic oxidation sites excluding steroid dienone is 1. The highest BCUT2D eigenvalue weighted by atomic mass is 35.5. The minimum absolute atomic E-state index is 0.0607. The van der Waals surface area contributed by atoms with Crippen molar-refractivity contribution < 1.29 is 9.84 Å². The van der Waals surface area contributed by atoms with Gasteiger partial charge in [0.15, 0.2) is 0 Å². The molecule has 0 heterocycles. The van der Waals surface area contributed by atoms with Crippen molar-refractivity contribution in [3.63, 3.8) is 0 Å². The van der Waals surface area contributed by atoms with E-state index in [1.54, 1.807) is 6.26 Å². The summed E-state index contributed by atoms with van der Waals surface area (Å²) >= 11 is 5.36. The second-order valence-corrected chi connectivity index (χ2v) is 1.82. The van der Waals surface area contributed by atoms with E-state index in [4.69, 9.17) is 21.4 Å². The van der Waals surface area contributed by atoms with Crippen molar-refractivity contribution in [3.8, 4) is 0 Å². The molecule has 0 radical (unpaired) electrons. The van der Waals surface area contributed by atoms with Gasteiger partial charge in [0.25, 0.3) is 0 Å². The van der Waals surface area contributed by atoms with Crippen LogP contribution in [0, 0.1) is 0 Å². The Bertz CT molecular complexity index is 73.5. The Kier molecular flexibility index (Phi) is 7.61. The smallest absolute Gasteiger partial charge is 0.110 e. The zero-order valence-corrected chi connectivity index (χ0v) is 5.97. The lowest BCUT2D eigenvalue weighted by atomic mass is 10.5. The molecular formula is C6H11ClO2. The van der Waals surface area contributed by atoms with Gasteiger partial charge in [-0.15, -0.1) is 11.6 Å². The summed E-state index contributed by atoms with van der Waals surface area (Å²) in [6.07, 6.45) is 4.19. The molecule has 0 spiro atoms. The Morgan fingerprint density at radius 1 is 1.56 bits per heavy atom. The molecule has 0 aliphatic heterocycles. The molecule has 0 rings (SSSR count). The van der Waals surface area contributed by atoms with Crippen molar-refractivity contribution in [1.82, 2.24) is 0 Å². The minimum Gasteiger partial charge on any atom is -0.499 e. The first-order valence-corrected chi connectivity index (χ1v) is 3.38. The first kappa shape index (κ1) is 8.79. The molecule has 0 aromatic carbocycles. The lowest BCUT2D eigenvalue weighted by Crippen LogP contribution is -1.91. The van der Waals surface area contributed by atoms with Crippen LogP contribution < -0.4 is 0 Å². The van der Waals surface area contributed by atoms with Crippen LogP contribution in [0.5, 0.6) is 0 Å². The summed E-state index contributed by atoms with van der Waals surface area (Å²) in [5.74, 6) is 0.610. The van der Waals surface area contributed by atoms with Gasteiger partial charge in [0, 0.05) is 5.88 Å². The van der Waals surface area contributed by atoms with Gasteiger partial charge in [-0.25, -0.2) is 0 Å². The van der Waals surface area contributed by atoms with Gasteiger partial charge in [0.1, 0.15) is 6.61 Å². The Labute approximate surface area is 60.1 Å².